The van der Waals surface area contributed by atoms with Crippen LogP contribution in [-0.4, -0.2) is 63.5 Å². The number of carbonyl (C=O) groups excluding carboxylic acids is 1. The molecule has 1 aliphatic heterocycles. The lowest BCUT2D eigenvalue weighted by Gasteiger charge is -2.35. The number of nitrogens with two attached hydrogens (primary N) is 1. The predicted octanol–water partition coefficient (Wildman–Crippen LogP) is 1.25. The number of piperazine rings is 1. The summed E-state index contributed by atoms with van der Waals surface area (Å²) in [5.41, 5.74) is 0.939. The molecule has 0 aliphatic carbocycles. The van der Waals surface area contributed by atoms with Gasteiger partial charge in [0, 0.05) is 51.9 Å². The number of carbonyl (C=O) groups is 1. The summed E-state index contributed by atoms with van der Waals surface area (Å²) in [6, 6.07) is 10.1. The van der Waals surface area contributed by atoms with Crippen LogP contribution < -0.4 is 15.4 Å². The van der Waals surface area contributed by atoms with Gasteiger partial charge in [-0.25, -0.2) is 18.5 Å². The number of aromatic nitrogens is 1. The maximum absolute atomic E-state index is 12.1. The maximum Gasteiger partial charge on any atom is 0.238 e. The zero-order valence-electron chi connectivity index (χ0n) is 16.6. The molecule has 1 saturated heterocycles. The molecule has 1 aromatic carbocycles. The Balaban J connectivity index is 1.33. The van der Waals surface area contributed by atoms with E-state index in [2.05, 4.69) is 20.1 Å². The van der Waals surface area contributed by atoms with E-state index < -0.39 is 10.0 Å². The summed E-state index contributed by atoms with van der Waals surface area (Å²) in [5, 5.41) is 8.63. The first-order valence-corrected chi connectivity index (χ1v) is 11.7. The average molecular weight is 452 g/mol. The third-order valence-corrected chi connectivity index (χ3v) is 6.20. The molecule has 2 aromatic rings. The molecule has 1 amide bonds. The van der Waals surface area contributed by atoms with Crippen LogP contribution in [0.2, 0.25) is 5.02 Å². The number of primary sulfonamides is 1. The zero-order valence-corrected chi connectivity index (χ0v) is 18.2. The van der Waals surface area contributed by atoms with E-state index in [4.69, 9.17) is 16.7 Å². The van der Waals surface area contributed by atoms with Crippen molar-refractivity contribution in [3.05, 3.63) is 53.2 Å². The highest BCUT2D eigenvalue weighted by atomic mass is 35.5. The number of nitrogens with one attached hydrogen (secondary N) is 1. The summed E-state index contributed by atoms with van der Waals surface area (Å²) < 4.78 is 22.5. The van der Waals surface area contributed by atoms with Crippen LogP contribution in [0.4, 0.5) is 5.82 Å². The Labute approximate surface area is 182 Å². The van der Waals surface area contributed by atoms with Crippen molar-refractivity contribution in [2.24, 2.45) is 5.14 Å². The zero-order chi connectivity index (χ0) is 21.6. The van der Waals surface area contributed by atoms with Crippen LogP contribution in [0.25, 0.3) is 0 Å². The first-order valence-electron chi connectivity index (χ1n) is 9.78. The molecule has 1 aliphatic rings. The van der Waals surface area contributed by atoms with Crippen LogP contribution >= 0.6 is 11.6 Å². The fraction of sp³-hybridized carbons (Fsp3) is 0.400. The highest BCUT2D eigenvalue weighted by Crippen LogP contribution is 2.16. The minimum absolute atomic E-state index is 0.0120. The van der Waals surface area contributed by atoms with E-state index in [-0.39, 0.29) is 10.8 Å². The van der Waals surface area contributed by atoms with Crippen LogP contribution in [0.15, 0.2) is 47.5 Å². The molecule has 162 valence electrons. The van der Waals surface area contributed by atoms with Crippen molar-refractivity contribution in [2.75, 3.05) is 44.2 Å². The first kappa shape index (κ1) is 22.5. The number of rotatable bonds is 8. The molecule has 0 bridgehead atoms. The van der Waals surface area contributed by atoms with Crippen LogP contribution in [-0.2, 0) is 21.2 Å². The lowest BCUT2D eigenvalue weighted by molar-refractivity contribution is -0.121. The molecule has 1 aromatic heterocycles. The van der Waals surface area contributed by atoms with Gasteiger partial charge in [0.2, 0.25) is 15.9 Å². The van der Waals surface area contributed by atoms with Gasteiger partial charge < -0.3 is 10.2 Å². The Morgan fingerprint density at radius 1 is 1.10 bits per heavy atom. The second kappa shape index (κ2) is 10.2. The highest BCUT2D eigenvalue weighted by molar-refractivity contribution is 7.89. The van der Waals surface area contributed by atoms with Crippen molar-refractivity contribution in [3.8, 4) is 0 Å². The number of halogens is 1. The Kier molecular flexibility index (Phi) is 7.65. The molecule has 0 radical (unpaired) electrons. The van der Waals surface area contributed by atoms with Gasteiger partial charge in [-0.1, -0.05) is 23.7 Å². The monoisotopic (exact) mass is 451 g/mol. The Morgan fingerprint density at radius 3 is 2.40 bits per heavy atom. The van der Waals surface area contributed by atoms with Gasteiger partial charge in [-0.2, -0.15) is 0 Å². The number of nitrogens with zero attached hydrogens (tertiary/aromatic N) is 3. The van der Waals surface area contributed by atoms with Gasteiger partial charge in [-0.15, -0.1) is 0 Å². The van der Waals surface area contributed by atoms with Crippen LogP contribution in [0.5, 0.6) is 0 Å². The number of pyridine rings is 1. The largest absolute Gasteiger partial charge is 0.356 e. The van der Waals surface area contributed by atoms with Crippen molar-refractivity contribution < 1.29 is 13.2 Å². The number of benzene rings is 1. The van der Waals surface area contributed by atoms with E-state index in [1.807, 2.05) is 12.1 Å². The van der Waals surface area contributed by atoms with Crippen molar-refractivity contribution >= 4 is 33.3 Å². The van der Waals surface area contributed by atoms with E-state index in [9.17, 15) is 13.2 Å². The molecule has 8 nitrogen and oxygen atoms in total. The lowest BCUT2D eigenvalue weighted by atomic mass is 10.1. The van der Waals surface area contributed by atoms with Crippen molar-refractivity contribution in [2.45, 2.75) is 17.7 Å². The molecule has 0 unspecified atom stereocenters. The minimum Gasteiger partial charge on any atom is -0.356 e. The number of amides is 1. The van der Waals surface area contributed by atoms with Crippen LogP contribution in [0.3, 0.4) is 0 Å². The molecular weight excluding hydrogens is 426 g/mol. The number of sulfonamides is 1. The van der Waals surface area contributed by atoms with Gasteiger partial charge in [0.1, 0.15) is 5.82 Å². The number of hydrogen-bond acceptors (Lipinski definition) is 6. The second-order valence-electron chi connectivity index (χ2n) is 7.20. The van der Waals surface area contributed by atoms with Gasteiger partial charge in [-0.3, -0.25) is 9.69 Å². The summed E-state index contributed by atoms with van der Waals surface area (Å²) in [7, 11) is -3.68. The fourth-order valence-corrected chi connectivity index (χ4v) is 3.92. The topological polar surface area (TPSA) is 109 Å². The van der Waals surface area contributed by atoms with Gasteiger partial charge in [0.05, 0.1) is 9.92 Å². The van der Waals surface area contributed by atoms with E-state index in [1.54, 1.807) is 18.3 Å². The standard InChI is InChI=1S/C20H26ClN5O3S/c21-17-3-6-19(24-15-17)26-13-11-25(12-14-26)10-8-20(27)23-9-7-16-1-4-18(5-2-16)30(22,28)29/h1-6,15H,7-14H2,(H,23,27)(H2,22,28,29). The average Bonchev–Trinajstić information content (AvgIpc) is 2.73. The molecule has 10 heteroatoms. The van der Waals surface area contributed by atoms with Crippen molar-refractivity contribution in [1.82, 2.24) is 15.2 Å². The predicted molar refractivity (Wildman–Crippen MR) is 117 cm³/mol. The summed E-state index contributed by atoms with van der Waals surface area (Å²) in [4.78, 5) is 21.0. The molecule has 0 spiro atoms. The molecule has 30 heavy (non-hydrogen) atoms. The Morgan fingerprint density at radius 2 is 1.80 bits per heavy atom. The molecule has 2 heterocycles. The first-order chi connectivity index (χ1) is 14.3. The van der Waals surface area contributed by atoms with Gasteiger partial charge in [0.15, 0.2) is 0 Å². The van der Waals surface area contributed by atoms with E-state index >= 15 is 0 Å². The molecule has 1 fully saturated rings. The summed E-state index contributed by atoms with van der Waals surface area (Å²) in [6.07, 6.45) is 2.73. The van der Waals surface area contributed by atoms with Crippen LogP contribution in [0.1, 0.15) is 12.0 Å². The Bertz CT molecular complexity index is 943. The second-order valence-corrected chi connectivity index (χ2v) is 9.20. The Hall–Kier alpha value is -2.20. The van der Waals surface area contributed by atoms with E-state index in [0.717, 1.165) is 44.1 Å². The smallest absolute Gasteiger partial charge is 0.238 e. The van der Waals surface area contributed by atoms with Crippen molar-refractivity contribution in [3.63, 3.8) is 0 Å². The fourth-order valence-electron chi connectivity index (χ4n) is 3.30. The quantitative estimate of drug-likeness (QED) is 0.625. The highest BCUT2D eigenvalue weighted by Gasteiger charge is 2.18. The third-order valence-electron chi connectivity index (χ3n) is 5.05. The molecule has 0 saturated carbocycles. The van der Waals surface area contributed by atoms with Crippen molar-refractivity contribution in [1.29, 1.82) is 0 Å². The summed E-state index contributed by atoms with van der Waals surface area (Å²) in [5.74, 6) is 0.937. The van der Waals surface area contributed by atoms with E-state index in [1.165, 1.54) is 12.1 Å². The molecular formula is C20H26ClN5O3S. The molecule has 3 N–H and O–H groups in total. The molecule has 0 atom stereocenters. The maximum atomic E-state index is 12.1. The summed E-state index contributed by atoms with van der Waals surface area (Å²) in [6.45, 7) is 4.72. The van der Waals surface area contributed by atoms with Gasteiger partial charge >= 0.3 is 0 Å². The number of anilines is 1. The summed E-state index contributed by atoms with van der Waals surface area (Å²) >= 11 is 5.88. The van der Waals surface area contributed by atoms with E-state index in [0.29, 0.717) is 24.4 Å². The minimum atomic E-state index is -3.68. The third kappa shape index (κ3) is 6.66. The number of hydrogen-bond donors (Lipinski definition) is 2. The van der Waals surface area contributed by atoms with Gasteiger partial charge in [0.25, 0.3) is 0 Å². The lowest BCUT2D eigenvalue weighted by Crippen LogP contribution is -2.47. The van der Waals surface area contributed by atoms with Crippen LogP contribution in [0, 0.1) is 0 Å². The normalized spacial score (nSPS) is 15.2. The molecule has 3 rings (SSSR count). The van der Waals surface area contributed by atoms with Gasteiger partial charge in [-0.05, 0) is 36.2 Å². The SMILES string of the molecule is NS(=O)(=O)c1ccc(CCNC(=O)CCN2CCN(c3ccc(Cl)cn3)CC2)cc1.